The molecule has 0 unspecified atom stereocenters. The average molecular weight is 206 g/mol. The van der Waals surface area contributed by atoms with Crippen molar-refractivity contribution in [1.82, 2.24) is 0 Å². The van der Waals surface area contributed by atoms with Crippen LogP contribution in [-0.2, 0) is 11.2 Å². The third-order valence-electron chi connectivity index (χ3n) is 2.32. The van der Waals surface area contributed by atoms with Crippen LogP contribution in [0.4, 0.5) is 0 Å². The van der Waals surface area contributed by atoms with Crippen LogP contribution >= 0.6 is 0 Å². The van der Waals surface area contributed by atoms with Gasteiger partial charge >= 0.3 is 0 Å². The van der Waals surface area contributed by atoms with Crippen LogP contribution in [0.5, 0.6) is 0 Å². The molecule has 1 aromatic carbocycles. The van der Waals surface area contributed by atoms with Gasteiger partial charge in [-0.15, -0.1) is 0 Å². The molecular weight excluding hydrogens is 188 g/mol. The van der Waals surface area contributed by atoms with E-state index in [2.05, 4.69) is 13.0 Å². The second-order valence-electron chi connectivity index (χ2n) is 3.62. The highest BCUT2D eigenvalue weighted by Crippen LogP contribution is 2.09. The minimum absolute atomic E-state index is 0.162. The van der Waals surface area contributed by atoms with E-state index in [9.17, 15) is 4.79 Å². The lowest BCUT2D eigenvalue weighted by Crippen LogP contribution is -2.03. The molecule has 0 fully saturated rings. The van der Waals surface area contributed by atoms with Crippen molar-refractivity contribution >= 4 is 5.78 Å². The first kappa shape index (κ1) is 11.9. The van der Waals surface area contributed by atoms with Gasteiger partial charge in [-0.2, -0.15) is 0 Å². The van der Waals surface area contributed by atoms with Crippen LogP contribution in [0.1, 0.15) is 35.7 Å². The lowest BCUT2D eigenvalue weighted by Gasteiger charge is -2.03. The molecule has 0 heterocycles. The molecule has 0 aliphatic carbocycles. The Kier molecular flexibility index (Phi) is 5.05. The lowest BCUT2D eigenvalue weighted by atomic mass is 10.0. The third kappa shape index (κ3) is 3.84. The van der Waals surface area contributed by atoms with Crippen LogP contribution < -0.4 is 0 Å². The van der Waals surface area contributed by atoms with E-state index < -0.39 is 0 Å². The number of benzene rings is 1. The molecule has 0 amide bonds. The van der Waals surface area contributed by atoms with E-state index in [1.807, 2.05) is 18.2 Å². The molecule has 0 aliphatic heterocycles. The highest BCUT2D eigenvalue weighted by molar-refractivity contribution is 5.96. The molecule has 0 saturated carbocycles. The molecule has 0 radical (unpaired) electrons. The van der Waals surface area contributed by atoms with Gasteiger partial charge in [-0.25, -0.2) is 0 Å². The topological polar surface area (TPSA) is 26.3 Å². The van der Waals surface area contributed by atoms with Gasteiger partial charge in [0.25, 0.3) is 0 Å². The largest absolute Gasteiger partial charge is 0.384 e. The highest BCUT2D eigenvalue weighted by Gasteiger charge is 2.05. The Balaban J connectivity index is 2.67. The predicted molar refractivity (Wildman–Crippen MR) is 61.3 cm³/mol. The lowest BCUT2D eigenvalue weighted by molar-refractivity contribution is 0.0932. The van der Waals surface area contributed by atoms with E-state index in [0.29, 0.717) is 13.0 Å². The molecule has 0 aromatic heterocycles. The zero-order valence-electron chi connectivity index (χ0n) is 9.45. The Morgan fingerprint density at radius 2 is 2.20 bits per heavy atom. The van der Waals surface area contributed by atoms with Crippen molar-refractivity contribution in [2.75, 3.05) is 13.7 Å². The van der Waals surface area contributed by atoms with E-state index in [1.54, 1.807) is 7.11 Å². The summed E-state index contributed by atoms with van der Waals surface area (Å²) in [6.45, 7) is 2.64. The monoisotopic (exact) mass is 206 g/mol. The average Bonchev–Trinajstić information content (AvgIpc) is 2.27. The number of ether oxygens (including phenoxy) is 1. The van der Waals surface area contributed by atoms with Crippen LogP contribution in [-0.4, -0.2) is 19.5 Å². The molecule has 82 valence electrons. The normalized spacial score (nSPS) is 10.3. The van der Waals surface area contributed by atoms with Crippen LogP contribution in [0.3, 0.4) is 0 Å². The minimum atomic E-state index is 0.162. The molecule has 0 saturated heterocycles. The molecule has 2 nitrogen and oxygen atoms in total. The number of aryl methyl sites for hydroxylation is 1. The fourth-order valence-corrected chi connectivity index (χ4v) is 1.53. The molecule has 0 N–H and O–H groups in total. The van der Waals surface area contributed by atoms with Crippen molar-refractivity contribution in [3.05, 3.63) is 35.4 Å². The maximum Gasteiger partial charge on any atom is 0.165 e. The fraction of sp³-hybridized carbons (Fsp3) is 0.462. The summed E-state index contributed by atoms with van der Waals surface area (Å²) in [5.41, 5.74) is 2.04. The second-order valence-corrected chi connectivity index (χ2v) is 3.62. The number of Topliss-reactive ketones (excluding diaryl/α,β-unsaturated/α-hetero) is 1. The van der Waals surface area contributed by atoms with Gasteiger partial charge < -0.3 is 4.74 Å². The van der Waals surface area contributed by atoms with Gasteiger partial charge in [0.2, 0.25) is 0 Å². The van der Waals surface area contributed by atoms with Crippen LogP contribution in [0.15, 0.2) is 24.3 Å². The molecule has 0 spiro atoms. The Labute approximate surface area is 91.3 Å². The number of carbonyl (C=O) groups is 1. The van der Waals surface area contributed by atoms with Gasteiger partial charge in [-0.3, -0.25) is 4.79 Å². The van der Waals surface area contributed by atoms with E-state index in [0.717, 1.165) is 18.4 Å². The Morgan fingerprint density at radius 3 is 2.87 bits per heavy atom. The number of carbonyl (C=O) groups excluding carboxylic acids is 1. The number of rotatable bonds is 6. The number of hydrogen-bond donors (Lipinski definition) is 0. The van der Waals surface area contributed by atoms with Crippen molar-refractivity contribution in [2.24, 2.45) is 0 Å². The van der Waals surface area contributed by atoms with Crippen molar-refractivity contribution in [1.29, 1.82) is 0 Å². The highest BCUT2D eigenvalue weighted by atomic mass is 16.5. The summed E-state index contributed by atoms with van der Waals surface area (Å²) in [4.78, 5) is 11.7. The standard InChI is InChI=1S/C13H18O2/c1-3-5-11-6-4-7-12(10-11)13(14)8-9-15-2/h4,6-7,10H,3,5,8-9H2,1-2H3. The van der Waals surface area contributed by atoms with Crippen molar-refractivity contribution in [3.63, 3.8) is 0 Å². The maximum atomic E-state index is 11.7. The van der Waals surface area contributed by atoms with Gasteiger partial charge in [0.05, 0.1) is 6.61 Å². The SMILES string of the molecule is CCCc1cccc(C(=O)CCOC)c1. The molecule has 1 rings (SSSR count). The smallest absolute Gasteiger partial charge is 0.165 e. The summed E-state index contributed by atoms with van der Waals surface area (Å²) in [5, 5.41) is 0. The zero-order chi connectivity index (χ0) is 11.1. The van der Waals surface area contributed by atoms with Gasteiger partial charge in [0, 0.05) is 19.1 Å². The summed E-state index contributed by atoms with van der Waals surface area (Å²) in [6.07, 6.45) is 2.60. The first-order valence-electron chi connectivity index (χ1n) is 5.39. The van der Waals surface area contributed by atoms with Gasteiger partial charge in [-0.05, 0) is 18.1 Å². The van der Waals surface area contributed by atoms with Crippen LogP contribution in [0, 0.1) is 0 Å². The number of methoxy groups -OCH3 is 1. The number of hydrogen-bond acceptors (Lipinski definition) is 2. The molecule has 0 bridgehead atoms. The predicted octanol–water partition coefficient (Wildman–Crippen LogP) is 2.86. The third-order valence-corrected chi connectivity index (χ3v) is 2.32. The molecule has 0 atom stereocenters. The Bertz CT molecular complexity index is 318. The van der Waals surface area contributed by atoms with E-state index in [1.165, 1.54) is 5.56 Å². The first-order chi connectivity index (χ1) is 7.27. The van der Waals surface area contributed by atoms with Gasteiger partial charge in [-0.1, -0.05) is 31.5 Å². The summed E-state index contributed by atoms with van der Waals surface area (Å²) in [5.74, 6) is 0.162. The van der Waals surface area contributed by atoms with Crippen molar-refractivity contribution in [3.8, 4) is 0 Å². The molecule has 2 heteroatoms. The van der Waals surface area contributed by atoms with E-state index in [4.69, 9.17) is 4.74 Å². The quantitative estimate of drug-likeness (QED) is 0.669. The summed E-state index contributed by atoms with van der Waals surface area (Å²) in [6, 6.07) is 7.88. The van der Waals surface area contributed by atoms with Gasteiger partial charge in [0.1, 0.15) is 0 Å². The summed E-state index contributed by atoms with van der Waals surface area (Å²) in [7, 11) is 1.61. The van der Waals surface area contributed by atoms with E-state index in [-0.39, 0.29) is 5.78 Å². The van der Waals surface area contributed by atoms with Crippen molar-refractivity contribution in [2.45, 2.75) is 26.2 Å². The molecule has 15 heavy (non-hydrogen) atoms. The summed E-state index contributed by atoms with van der Waals surface area (Å²) < 4.78 is 4.89. The molecule has 1 aromatic rings. The first-order valence-corrected chi connectivity index (χ1v) is 5.39. The molecule has 0 aliphatic rings. The fourth-order valence-electron chi connectivity index (χ4n) is 1.53. The minimum Gasteiger partial charge on any atom is -0.384 e. The Morgan fingerprint density at radius 1 is 1.40 bits per heavy atom. The molecular formula is C13H18O2. The Hall–Kier alpha value is -1.15. The maximum absolute atomic E-state index is 11.7. The zero-order valence-corrected chi connectivity index (χ0v) is 9.45. The van der Waals surface area contributed by atoms with Crippen LogP contribution in [0.25, 0.3) is 0 Å². The number of ketones is 1. The van der Waals surface area contributed by atoms with E-state index >= 15 is 0 Å². The summed E-state index contributed by atoms with van der Waals surface area (Å²) >= 11 is 0. The van der Waals surface area contributed by atoms with Crippen LogP contribution in [0.2, 0.25) is 0 Å². The van der Waals surface area contributed by atoms with Gasteiger partial charge in [0.15, 0.2) is 5.78 Å². The second kappa shape index (κ2) is 6.36. The van der Waals surface area contributed by atoms with Crippen molar-refractivity contribution < 1.29 is 9.53 Å².